The lowest BCUT2D eigenvalue weighted by Crippen LogP contribution is -2.37. The molecular weight excluding hydrogens is 188 g/mol. The van der Waals surface area contributed by atoms with E-state index in [2.05, 4.69) is 34.6 Å². The molecule has 0 N–H and O–H groups in total. The Morgan fingerprint density at radius 1 is 1.20 bits per heavy atom. The van der Waals surface area contributed by atoms with E-state index in [4.69, 9.17) is 4.74 Å². The number of ether oxygens (including phenoxy) is 1. The molecule has 90 valence electrons. The summed E-state index contributed by atoms with van der Waals surface area (Å²) in [5.41, 5.74) is 0.0112. The second-order valence-corrected chi connectivity index (χ2v) is 5.78. The van der Waals surface area contributed by atoms with Crippen LogP contribution in [-0.4, -0.2) is 12.1 Å². The van der Waals surface area contributed by atoms with Crippen molar-refractivity contribution < 1.29 is 9.53 Å². The molecule has 2 heteroatoms. The molecule has 0 fully saturated rings. The van der Waals surface area contributed by atoms with Gasteiger partial charge in [0.2, 0.25) is 0 Å². The SMILES string of the molecule is CCC(C)C(=O)OC(C(C)C)C(C)(C)C. The lowest BCUT2D eigenvalue weighted by Gasteiger charge is -2.34. The van der Waals surface area contributed by atoms with Crippen LogP contribution >= 0.6 is 0 Å². The Balaban J connectivity index is 4.50. The molecule has 0 rings (SSSR count). The molecule has 0 bridgehead atoms. The third-order valence-electron chi connectivity index (χ3n) is 2.72. The van der Waals surface area contributed by atoms with Crippen molar-refractivity contribution in [2.75, 3.05) is 0 Å². The average molecular weight is 214 g/mol. The number of rotatable bonds is 4. The first-order valence-corrected chi connectivity index (χ1v) is 5.90. The molecule has 0 aromatic heterocycles. The molecule has 0 saturated carbocycles. The summed E-state index contributed by atoms with van der Waals surface area (Å²) in [4.78, 5) is 11.7. The van der Waals surface area contributed by atoms with Crippen LogP contribution in [0.1, 0.15) is 54.9 Å². The molecule has 0 aliphatic carbocycles. The van der Waals surface area contributed by atoms with Gasteiger partial charge in [-0.3, -0.25) is 4.79 Å². The van der Waals surface area contributed by atoms with Gasteiger partial charge in [0.15, 0.2) is 0 Å². The molecule has 15 heavy (non-hydrogen) atoms. The van der Waals surface area contributed by atoms with Crippen molar-refractivity contribution in [3.8, 4) is 0 Å². The number of hydrogen-bond donors (Lipinski definition) is 0. The molecule has 0 heterocycles. The fraction of sp³-hybridized carbons (Fsp3) is 0.923. The normalized spacial score (nSPS) is 16.3. The average Bonchev–Trinajstić information content (AvgIpc) is 2.09. The van der Waals surface area contributed by atoms with Gasteiger partial charge in [0, 0.05) is 0 Å². The van der Waals surface area contributed by atoms with Crippen LogP contribution < -0.4 is 0 Å². The molecule has 0 aliphatic rings. The van der Waals surface area contributed by atoms with Gasteiger partial charge >= 0.3 is 5.97 Å². The second kappa shape index (κ2) is 5.53. The van der Waals surface area contributed by atoms with E-state index in [0.717, 1.165) is 6.42 Å². The van der Waals surface area contributed by atoms with Gasteiger partial charge in [0.1, 0.15) is 6.10 Å². The molecular formula is C13H26O2. The van der Waals surface area contributed by atoms with E-state index in [-0.39, 0.29) is 23.4 Å². The summed E-state index contributed by atoms with van der Waals surface area (Å²) >= 11 is 0. The molecule has 2 unspecified atom stereocenters. The molecule has 0 aromatic rings. The number of carbonyl (C=O) groups excluding carboxylic acids is 1. The minimum atomic E-state index is -0.0638. The van der Waals surface area contributed by atoms with Crippen LogP contribution in [0.25, 0.3) is 0 Å². The van der Waals surface area contributed by atoms with Crippen molar-refractivity contribution in [3.63, 3.8) is 0 Å². The van der Waals surface area contributed by atoms with E-state index < -0.39 is 0 Å². The van der Waals surface area contributed by atoms with Crippen LogP contribution in [0.4, 0.5) is 0 Å². The molecule has 2 nitrogen and oxygen atoms in total. The smallest absolute Gasteiger partial charge is 0.308 e. The highest BCUT2D eigenvalue weighted by Gasteiger charge is 2.31. The van der Waals surface area contributed by atoms with Crippen molar-refractivity contribution >= 4 is 5.97 Å². The predicted octanol–water partition coefficient (Wildman–Crippen LogP) is 3.65. The number of esters is 1. The van der Waals surface area contributed by atoms with E-state index in [0.29, 0.717) is 5.92 Å². The van der Waals surface area contributed by atoms with E-state index in [1.54, 1.807) is 0 Å². The minimum absolute atomic E-state index is 0.000926. The summed E-state index contributed by atoms with van der Waals surface area (Å²) < 4.78 is 5.59. The van der Waals surface area contributed by atoms with Gasteiger partial charge in [-0.25, -0.2) is 0 Å². The Labute approximate surface area is 94.4 Å². The Morgan fingerprint density at radius 2 is 1.67 bits per heavy atom. The molecule has 0 aliphatic heterocycles. The zero-order valence-electron chi connectivity index (χ0n) is 11.3. The highest BCUT2D eigenvalue weighted by atomic mass is 16.5. The van der Waals surface area contributed by atoms with E-state index >= 15 is 0 Å². The van der Waals surface area contributed by atoms with Crippen molar-refractivity contribution in [1.29, 1.82) is 0 Å². The number of carbonyl (C=O) groups is 1. The third kappa shape index (κ3) is 4.67. The summed E-state index contributed by atoms with van der Waals surface area (Å²) in [6.07, 6.45) is 0.840. The maximum Gasteiger partial charge on any atom is 0.308 e. The largest absolute Gasteiger partial charge is 0.461 e. The van der Waals surface area contributed by atoms with E-state index in [1.807, 2.05) is 13.8 Å². The van der Waals surface area contributed by atoms with Gasteiger partial charge in [-0.2, -0.15) is 0 Å². The molecule has 0 radical (unpaired) electrons. The van der Waals surface area contributed by atoms with Gasteiger partial charge in [-0.05, 0) is 17.8 Å². The third-order valence-corrected chi connectivity index (χ3v) is 2.72. The van der Waals surface area contributed by atoms with Gasteiger partial charge in [-0.1, -0.05) is 48.5 Å². The summed E-state index contributed by atoms with van der Waals surface area (Å²) in [5, 5.41) is 0. The van der Waals surface area contributed by atoms with Crippen LogP contribution in [0.3, 0.4) is 0 Å². The van der Waals surface area contributed by atoms with Gasteiger partial charge in [-0.15, -0.1) is 0 Å². The van der Waals surface area contributed by atoms with Crippen molar-refractivity contribution in [2.45, 2.75) is 61.0 Å². The standard InChI is InChI=1S/C13H26O2/c1-8-10(4)12(14)15-11(9(2)3)13(5,6)7/h9-11H,8H2,1-7H3. The summed E-state index contributed by atoms with van der Waals surface area (Å²) in [5.74, 6) is 0.303. The fourth-order valence-corrected chi connectivity index (χ4v) is 1.72. The van der Waals surface area contributed by atoms with Crippen LogP contribution in [-0.2, 0) is 9.53 Å². The van der Waals surface area contributed by atoms with Crippen molar-refractivity contribution in [3.05, 3.63) is 0 Å². The zero-order valence-corrected chi connectivity index (χ0v) is 11.3. The monoisotopic (exact) mass is 214 g/mol. The maximum atomic E-state index is 11.7. The Morgan fingerprint density at radius 3 is 1.93 bits per heavy atom. The minimum Gasteiger partial charge on any atom is -0.461 e. The van der Waals surface area contributed by atoms with Gasteiger partial charge < -0.3 is 4.74 Å². The van der Waals surface area contributed by atoms with Crippen LogP contribution in [0.5, 0.6) is 0 Å². The van der Waals surface area contributed by atoms with Crippen LogP contribution in [0, 0.1) is 17.3 Å². The second-order valence-electron chi connectivity index (χ2n) is 5.78. The molecule has 0 spiro atoms. The molecule has 0 saturated heterocycles. The van der Waals surface area contributed by atoms with Crippen LogP contribution in [0.2, 0.25) is 0 Å². The van der Waals surface area contributed by atoms with Gasteiger partial charge in [0.25, 0.3) is 0 Å². The quantitative estimate of drug-likeness (QED) is 0.668. The topological polar surface area (TPSA) is 26.3 Å². The molecule has 0 aromatic carbocycles. The van der Waals surface area contributed by atoms with E-state index in [9.17, 15) is 4.79 Å². The first-order valence-electron chi connectivity index (χ1n) is 5.90. The van der Waals surface area contributed by atoms with Crippen molar-refractivity contribution in [2.24, 2.45) is 17.3 Å². The summed E-state index contributed by atoms with van der Waals surface area (Å²) in [6, 6.07) is 0. The predicted molar refractivity (Wildman–Crippen MR) is 63.6 cm³/mol. The molecule has 2 atom stereocenters. The Hall–Kier alpha value is -0.530. The van der Waals surface area contributed by atoms with E-state index in [1.165, 1.54) is 0 Å². The Bertz CT molecular complexity index is 201. The number of hydrogen-bond acceptors (Lipinski definition) is 2. The first-order chi connectivity index (χ1) is 6.70. The lowest BCUT2D eigenvalue weighted by molar-refractivity contribution is -0.162. The maximum absolute atomic E-state index is 11.7. The highest BCUT2D eigenvalue weighted by molar-refractivity contribution is 5.72. The zero-order chi connectivity index (χ0) is 12.2. The lowest BCUT2D eigenvalue weighted by atomic mass is 9.82. The first kappa shape index (κ1) is 14.5. The molecule has 0 amide bonds. The van der Waals surface area contributed by atoms with Crippen LogP contribution in [0.15, 0.2) is 0 Å². The Kier molecular flexibility index (Phi) is 5.33. The van der Waals surface area contributed by atoms with Crippen molar-refractivity contribution in [1.82, 2.24) is 0 Å². The fourth-order valence-electron chi connectivity index (χ4n) is 1.72. The summed E-state index contributed by atoms with van der Waals surface area (Å²) in [7, 11) is 0. The highest BCUT2D eigenvalue weighted by Crippen LogP contribution is 2.29. The summed E-state index contributed by atoms with van der Waals surface area (Å²) in [6.45, 7) is 14.5. The van der Waals surface area contributed by atoms with Gasteiger partial charge in [0.05, 0.1) is 5.92 Å².